The van der Waals surface area contributed by atoms with E-state index in [9.17, 15) is 4.79 Å². The highest BCUT2D eigenvalue weighted by atomic mass is 32.1. The van der Waals surface area contributed by atoms with Crippen molar-refractivity contribution in [2.75, 3.05) is 7.05 Å². The van der Waals surface area contributed by atoms with Crippen LogP contribution in [0.3, 0.4) is 0 Å². The fraction of sp³-hybridized carbons (Fsp3) is 0.182. The molecule has 0 N–H and O–H groups in total. The number of fused-ring (bicyclic) bond motifs is 3. The van der Waals surface area contributed by atoms with Gasteiger partial charge >= 0.3 is 0 Å². The fourth-order valence-electron chi connectivity index (χ4n) is 1.95. The Bertz CT molecular complexity index is 649. The van der Waals surface area contributed by atoms with Crippen molar-refractivity contribution < 1.29 is 4.79 Å². The molecule has 17 heavy (non-hydrogen) atoms. The number of hydrogen-bond acceptors (Lipinski definition) is 4. The summed E-state index contributed by atoms with van der Waals surface area (Å²) in [6.45, 7) is 0.406. The fourth-order valence-corrected chi connectivity index (χ4v) is 2.83. The van der Waals surface area contributed by atoms with Gasteiger partial charge < -0.3 is 4.90 Å². The minimum absolute atomic E-state index is 0.0196. The van der Waals surface area contributed by atoms with Crippen molar-refractivity contribution in [2.45, 2.75) is 6.54 Å². The van der Waals surface area contributed by atoms with Gasteiger partial charge in [0.2, 0.25) is 0 Å². The highest BCUT2D eigenvalue weighted by Crippen LogP contribution is 2.29. The molecule has 0 radical (unpaired) electrons. The van der Waals surface area contributed by atoms with Gasteiger partial charge in [-0.2, -0.15) is 5.26 Å². The van der Waals surface area contributed by atoms with Gasteiger partial charge in [0, 0.05) is 7.05 Å². The summed E-state index contributed by atoms with van der Waals surface area (Å²) in [6, 6.07) is 3.86. The van der Waals surface area contributed by atoms with Crippen molar-refractivity contribution >= 4 is 17.2 Å². The zero-order valence-corrected chi connectivity index (χ0v) is 9.86. The van der Waals surface area contributed by atoms with E-state index in [0.717, 1.165) is 10.7 Å². The van der Waals surface area contributed by atoms with Crippen LogP contribution in [0.1, 0.15) is 21.7 Å². The van der Waals surface area contributed by atoms with Crippen LogP contribution in [0.5, 0.6) is 0 Å². The second-order valence-electron chi connectivity index (χ2n) is 3.82. The molecule has 0 aliphatic carbocycles. The summed E-state index contributed by atoms with van der Waals surface area (Å²) in [5.41, 5.74) is 1.81. The monoisotopic (exact) mass is 244 g/mol. The highest BCUT2D eigenvalue weighted by molar-refractivity contribution is 7.13. The SMILES string of the molecule is CN1Cc2c(C#N)ncn2-c2sccc2C1=O. The van der Waals surface area contributed by atoms with E-state index in [1.54, 1.807) is 24.3 Å². The van der Waals surface area contributed by atoms with Gasteiger partial charge in [-0.15, -0.1) is 11.3 Å². The zero-order chi connectivity index (χ0) is 12.0. The summed E-state index contributed by atoms with van der Waals surface area (Å²) in [7, 11) is 1.73. The van der Waals surface area contributed by atoms with Crippen molar-refractivity contribution in [1.82, 2.24) is 14.5 Å². The van der Waals surface area contributed by atoms with E-state index >= 15 is 0 Å². The molecule has 0 aromatic carbocycles. The molecule has 1 aliphatic heterocycles. The Balaban J connectivity index is 2.31. The summed E-state index contributed by atoms with van der Waals surface area (Å²) in [5.74, 6) is -0.0196. The molecule has 0 atom stereocenters. The zero-order valence-electron chi connectivity index (χ0n) is 9.04. The summed E-state index contributed by atoms with van der Waals surface area (Å²) < 4.78 is 1.83. The lowest BCUT2D eigenvalue weighted by atomic mass is 10.3. The Morgan fingerprint density at radius 1 is 1.59 bits per heavy atom. The number of imidazole rings is 1. The van der Waals surface area contributed by atoms with E-state index in [1.807, 2.05) is 9.95 Å². The van der Waals surface area contributed by atoms with Crippen LogP contribution >= 0.6 is 11.3 Å². The van der Waals surface area contributed by atoms with Crippen molar-refractivity contribution in [3.05, 3.63) is 34.7 Å². The Hall–Kier alpha value is -2.13. The quantitative estimate of drug-likeness (QED) is 0.703. The van der Waals surface area contributed by atoms with E-state index in [0.29, 0.717) is 17.8 Å². The Morgan fingerprint density at radius 2 is 2.41 bits per heavy atom. The standard InChI is InChI=1S/C11H8N4OS/c1-14-5-9-8(4-12)13-6-15(9)11-7(10(14)16)2-3-17-11/h2-3,6H,5H2,1H3. The second-order valence-corrected chi connectivity index (χ2v) is 4.72. The van der Waals surface area contributed by atoms with Crippen LogP contribution in [-0.2, 0) is 6.54 Å². The molecule has 2 aromatic heterocycles. The van der Waals surface area contributed by atoms with E-state index in [4.69, 9.17) is 5.26 Å². The number of thiophene rings is 1. The first-order chi connectivity index (χ1) is 8.22. The molecule has 0 saturated carbocycles. The number of carbonyl (C=O) groups excluding carboxylic acids is 1. The third kappa shape index (κ3) is 1.29. The minimum atomic E-state index is -0.0196. The lowest BCUT2D eigenvalue weighted by Gasteiger charge is -2.13. The van der Waals surface area contributed by atoms with Gasteiger partial charge in [-0.05, 0) is 11.4 Å². The molecule has 3 rings (SSSR count). The number of amides is 1. The maximum absolute atomic E-state index is 12.1. The molecule has 0 fully saturated rings. The second kappa shape index (κ2) is 3.43. The number of nitriles is 1. The van der Waals surface area contributed by atoms with Crippen LogP contribution in [0, 0.1) is 11.3 Å². The van der Waals surface area contributed by atoms with Crippen LogP contribution in [0.15, 0.2) is 17.8 Å². The first-order valence-electron chi connectivity index (χ1n) is 5.02. The van der Waals surface area contributed by atoms with Crippen LogP contribution in [-0.4, -0.2) is 27.4 Å². The summed E-state index contributed by atoms with van der Waals surface area (Å²) in [5, 5.41) is 11.7. The van der Waals surface area contributed by atoms with E-state index < -0.39 is 0 Å². The molecule has 6 heteroatoms. The molecule has 0 saturated heterocycles. The van der Waals surface area contributed by atoms with Gasteiger partial charge in [-0.1, -0.05) is 0 Å². The Labute approximate surface area is 102 Å². The van der Waals surface area contributed by atoms with Gasteiger partial charge in [0.15, 0.2) is 5.69 Å². The van der Waals surface area contributed by atoms with Crippen LogP contribution < -0.4 is 0 Å². The van der Waals surface area contributed by atoms with Crippen molar-refractivity contribution in [1.29, 1.82) is 5.26 Å². The maximum atomic E-state index is 12.1. The molecule has 84 valence electrons. The molecule has 0 unspecified atom stereocenters. The molecule has 2 aromatic rings. The molecule has 1 aliphatic rings. The van der Waals surface area contributed by atoms with Crippen LogP contribution in [0.25, 0.3) is 5.00 Å². The van der Waals surface area contributed by atoms with Crippen LogP contribution in [0.2, 0.25) is 0 Å². The van der Waals surface area contributed by atoms with E-state index in [1.165, 1.54) is 11.3 Å². The number of nitrogens with zero attached hydrogens (tertiary/aromatic N) is 4. The van der Waals surface area contributed by atoms with E-state index in [-0.39, 0.29) is 5.91 Å². The Morgan fingerprint density at radius 3 is 3.18 bits per heavy atom. The first-order valence-corrected chi connectivity index (χ1v) is 5.90. The van der Waals surface area contributed by atoms with Gasteiger partial charge in [-0.25, -0.2) is 4.98 Å². The lowest BCUT2D eigenvalue weighted by molar-refractivity contribution is 0.0788. The lowest BCUT2D eigenvalue weighted by Crippen LogP contribution is -2.24. The minimum Gasteiger partial charge on any atom is -0.336 e. The molecular formula is C11H8N4OS. The number of carbonyl (C=O) groups is 1. The normalized spacial score (nSPS) is 13.9. The van der Waals surface area contributed by atoms with E-state index in [2.05, 4.69) is 11.1 Å². The third-order valence-electron chi connectivity index (χ3n) is 2.80. The largest absolute Gasteiger partial charge is 0.336 e. The number of hydrogen-bond donors (Lipinski definition) is 0. The molecule has 3 heterocycles. The molecule has 5 nitrogen and oxygen atoms in total. The maximum Gasteiger partial charge on any atom is 0.256 e. The molecule has 0 spiro atoms. The van der Waals surface area contributed by atoms with Gasteiger partial charge in [0.25, 0.3) is 5.91 Å². The molecule has 0 bridgehead atoms. The van der Waals surface area contributed by atoms with Crippen LogP contribution in [0.4, 0.5) is 0 Å². The van der Waals surface area contributed by atoms with Gasteiger partial charge in [0.05, 0.1) is 17.8 Å². The average Bonchev–Trinajstić information content (AvgIpc) is 2.91. The predicted molar refractivity (Wildman–Crippen MR) is 62.0 cm³/mol. The smallest absolute Gasteiger partial charge is 0.256 e. The number of aromatic nitrogens is 2. The average molecular weight is 244 g/mol. The first kappa shape index (κ1) is 10.1. The number of rotatable bonds is 0. The van der Waals surface area contributed by atoms with Gasteiger partial charge in [-0.3, -0.25) is 9.36 Å². The van der Waals surface area contributed by atoms with Crippen molar-refractivity contribution in [3.63, 3.8) is 0 Å². The van der Waals surface area contributed by atoms with Gasteiger partial charge in [0.1, 0.15) is 17.4 Å². The Kier molecular flexibility index (Phi) is 2.03. The highest BCUT2D eigenvalue weighted by Gasteiger charge is 2.26. The summed E-state index contributed by atoms with van der Waals surface area (Å²) in [4.78, 5) is 17.8. The van der Waals surface area contributed by atoms with Crippen molar-refractivity contribution in [3.8, 4) is 11.1 Å². The topological polar surface area (TPSA) is 61.9 Å². The molecule has 1 amide bonds. The predicted octanol–water partition coefficient (Wildman–Crippen LogP) is 1.39. The molecular weight excluding hydrogens is 236 g/mol. The van der Waals surface area contributed by atoms with Crippen molar-refractivity contribution in [2.24, 2.45) is 0 Å². The summed E-state index contributed by atoms with van der Waals surface area (Å²) >= 11 is 1.48. The summed E-state index contributed by atoms with van der Waals surface area (Å²) in [6.07, 6.45) is 1.61. The third-order valence-corrected chi connectivity index (χ3v) is 3.71.